The van der Waals surface area contributed by atoms with Crippen molar-refractivity contribution in [3.8, 4) is 5.75 Å². The minimum atomic E-state index is 0.130. The summed E-state index contributed by atoms with van der Waals surface area (Å²) in [5, 5.41) is 0. The summed E-state index contributed by atoms with van der Waals surface area (Å²) < 4.78 is 14.1. The smallest absolute Gasteiger partial charge is 0.139 e. The highest BCUT2D eigenvalue weighted by Gasteiger charge is 2.24. The van der Waals surface area contributed by atoms with E-state index >= 15 is 0 Å². The summed E-state index contributed by atoms with van der Waals surface area (Å²) in [5.41, 5.74) is 3.45. The van der Waals surface area contributed by atoms with Crippen LogP contribution in [-0.2, 0) is 11.3 Å². The normalized spacial score (nSPS) is 17.2. The molecule has 1 aliphatic rings. The van der Waals surface area contributed by atoms with Crippen LogP contribution in [-0.4, -0.2) is 22.8 Å². The SMILES string of the molecule is Cc1cccc(OCCCn2c([C@@H]3CCCO3)nc3ccccc32)c1. The Morgan fingerprint density at radius 1 is 1.20 bits per heavy atom. The molecule has 3 aromatic rings. The number of nitrogens with zero attached hydrogens (tertiary/aromatic N) is 2. The first-order valence-electron chi connectivity index (χ1n) is 9.07. The van der Waals surface area contributed by atoms with E-state index in [9.17, 15) is 0 Å². The van der Waals surface area contributed by atoms with Gasteiger partial charge in [0.05, 0.1) is 17.6 Å². The van der Waals surface area contributed by atoms with Crippen LogP contribution in [0.5, 0.6) is 5.75 Å². The standard InChI is InChI=1S/C21H24N2O2/c1-16-7-4-8-17(15-16)24-14-6-12-23-19-10-3-2-9-18(19)22-21(23)20-11-5-13-25-20/h2-4,7-10,15,20H,5-6,11-14H2,1H3/t20-/m0/s1. The number of aryl methyl sites for hydroxylation is 2. The average Bonchev–Trinajstić information content (AvgIpc) is 3.26. The number of benzene rings is 2. The molecule has 2 aromatic carbocycles. The summed E-state index contributed by atoms with van der Waals surface area (Å²) in [6.45, 7) is 4.51. The van der Waals surface area contributed by atoms with Gasteiger partial charge in [-0.3, -0.25) is 0 Å². The molecule has 1 atom stereocenters. The van der Waals surface area contributed by atoms with Crippen molar-refractivity contribution in [3.05, 3.63) is 59.9 Å². The third kappa shape index (κ3) is 3.54. The van der Waals surface area contributed by atoms with E-state index < -0.39 is 0 Å². The van der Waals surface area contributed by atoms with Crippen molar-refractivity contribution in [2.75, 3.05) is 13.2 Å². The maximum atomic E-state index is 5.90. The van der Waals surface area contributed by atoms with Crippen LogP contribution in [0.4, 0.5) is 0 Å². The maximum Gasteiger partial charge on any atom is 0.139 e. The van der Waals surface area contributed by atoms with Crippen molar-refractivity contribution in [2.45, 2.75) is 38.8 Å². The lowest BCUT2D eigenvalue weighted by atomic mass is 10.2. The van der Waals surface area contributed by atoms with Crippen LogP contribution >= 0.6 is 0 Å². The van der Waals surface area contributed by atoms with Gasteiger partial charge in [0.1, 0.15) is 17.7 Å². The van der Waals surface area contributed by atoms with Crippen molar-refractivity contribution < 1.29 is 9.47 Å². The van der Waals surface area contributed by atoms with Crippen LogP contribution in [0, 0.1) is 6.92 Å². The van der Waals surface area contributed by atoms with E-state index in [-0.39, 0.29) is 6.10 Å². The molecule has 1 fully saturated rings. The predicted octanol–water partition coefficient (Wildman–Crippen LogP) is 4.67. The maximum absolute atomic E-state index is 5.90. The zero-order chi connectivity index (χ0) is 17.1. The van der Waals surface area contributed by atoms with E-state index in [2.05, 4.69) is 41.8 Å². The molecule has 2 heterocycles. The summed E-state index contributed by atoms with van der Waals surface area (Å²) in [4.78, 5) is 4.84. The Bertz CT molecular complexity index is 850. The van der Waals surface area contributed by atoms with Gasteiger partial charge >= 0.3 is 0 Å². The number of aromatic nitrogens is 2. The molecule has 130 valence electrons. The topological polar surface area (TPSA) is 36.3 Å². The molecule has 0 spiro atoms. The van der Waals surface area contributed by atoms with E-state index in [1.165, 1.54) is 11.1 Å². The molecule has 0 saturated carbocycles. The second kappa shape index (κ2) is 7.28. The van der Waals surface area contributed by atoms with Crippen LogP contribution in [0.1, 0.15) is 36.8 Å². The lowest BCUT2D eigenvalue weighted by molar-refractivity contribution is 0.102. The first kappa shape index (κ1) is 16.2. The molecule has 0 unspecified atom stereocenters. The third-order valence-corrected chi connectivity index (χ3v) is 4.69. The Kier molecular flexibility index (Phi) is 4.70. The molecule has 4 nitrogen and oxygen atoms in total. The number of rotatable bonds is 6. The van der Waals surface area contributed by atoms with Gasteiger partial charge in [-0.25, -0.2) is 4.98 Å². The summed E-state index contributed by atoms with van der Waals surface area (Å²) in [6, 6.07) is 16.5. The highest BCUT2D eigenvalue weighted by Crippen LogP contribution is 2.30. The van der Waals surface area contributed by atoms with Crippen LogP contribution < -0.4 is 4.74 Å². The Morgan fingerprint density at radius 2 is 2.12 bits per heavy atom. The fraction of sp³-hybridized carbons (Fsp3) is 0.381. The number of fused-ring (bicyclic) bond motifs is 1. The van der Waals surface area contributed by atoms with E-state index in [0.717, 1.165) is 49.5 Å². The molecule has 0 bridgehead atoms. The van der Waals surface area contributed by atoms with Gasteiger partial charge in [-0.15, -0.1) is 0 Å². The molecular formula is C21H24N2O2. The number of para-hydroxylation sites is 2. The molecule has 0 amide bonds. The van der Waals surface area contributed by atoms with Crippen molar-refractivity contribution >= 4 is 11.0 Å². The highest BCUT2D eigenvalue weighted by molar-refractivity contribution is 5.76. The fourth-order valence-corrected chi connectivity index (χ4v) is 3.47. The quantitative estimate of drug-likeness (QED) is 0.614. The lowest BCUT2D eigenvalue weighted by Crippen LogP contribution is -2.11. The zero-order valence-electron chi connectivity index (χ0n) is 14.6. The molecule has 4 heteroatoms. The summed E-state index contributed by atoms with van der Waals surface area (Å²) in [7, 11) is 0. The summed E-state index contributed by atoms with van der Waals surface area (Å²) >= 11 is 0. The Hall–Kier alpha value is -2.33. The van der Waals surface area contributed by atoms with Gasteiger partial charge in [-0.05, 0) is 56.0 Å². The first-order valence-corrected chi connectivity index (χ1v) is 9.07. The molecule has 4 rings (SSSR count). The molecule has 25 heavy (non-hydrogen) atoms. The van der Waals surface area contributed by atoms with Crippen molar-refractivity contribution in [3.63, 3.8) is 0 Å². The second-order valence-electron chi connectivity index (χ2n) is 6.63. The van der Waals surface area contributed by atoms with Gasteiger partial charge in [-0.2, -0.15) is 0 Å². The van der Waals surface area contributed by atoms with Crippen LogP contribution in [0.3, 0.4) is 0 Å². The molecule has 0 N–H and O–H groups in total. The van der Waals surface area contributed by atoms with E-state index in [1.807, 2.05) is 18.2 Å². The predicted molar refractivity (Wildman–Crippen MR) is 99.0 cm³/mol. The fourth-order valence-electron chi connectivity index (χ4n) is 3.47. The van der Waals surface area contributed by atoms with Crippen molar-refractivity contribution in [1.82, 2.24) is 9.55 Å². The minimum absolute atomic E-state index is 0.130. The zero-order valence-corrected chi connectivity index (χ0v) is 14.6. The minimum Gasteiger partial charge on any atom is -0.494 e. The number of imidazole rings is 1. The molecule has 1 aromatic heterocycles. The Balaban J connectivity index is 1.47. The third-order valence-electron chi connectivity index (χ3n) is 4.69. The highest BCUT2D eigenvalue weighted by atomic mass is 16.5. The Labute approximate surface area is 148 Å². The van der Waals surface area contributed by atoms with Gasteiger partial charge in [0.25, 0.3) is 0 Å². The molecule has 0 radical (unpaired) electrons. The van der Waals surface area contributed by atoms with Gasteiger partial charge < -0.3 is 14.0 Å². The van der Waals surface area contributed by atoms with E-state index in [0.29, 0.717) is 6.61 Å². The van der Waals surface area contributed by atoms with Crippen LogP contribution in [0.2, 0.25) is 0 Å². The summed E-state index contributed by atoms with van der Waals surface area (Å²) in [6.07, 6.45) is 3.24. The number of hydrogen-bond donors (Lipinski definition) is 0. The lowest BCUT2D eigenvalue weighted by Gasteiger charge is -2.14. The second-order valence-corrected chi connectivity index (χ2v) is 6.63. The summed E-state index contributed by atoms with van der Waals surface area (Å²) in [5.74, 6) is 2.00. The van der Waals surface area contributed by atoms with Crippen molar-refractivity contribution in [1.29, 1.82) is 0 Å². The van der Waals surface area contributed by atoms with Crippen molar-refractivity contribution in [2.24, 2.45) is 0 Å². The monoisotopic (exact) mass is 336 g/mol. The molecule has 1 saturated heterocycles. The van der Waals surface area contributed by atoms with Crippen LogP contribution in [0.25, 0.3) is 11.0 Å². The van der Waals surface area contributed by atoms with Gasteiger partial charge in [0.2, 0.25) is 0 Å². The van der Waals surface area contributed by atoms with E-state index in [4.69, 9.17) is 14.5 Å². The number of ether oxygens (including phenoxy) is 2. The molecular weight excluding hydrogens is 312 g/mol. The van der Waals surface area contributed by atoms with E-state index in [1.54, 1.807) is 0 Å². The van der Waals surface area contributed by atoms with Gasteiger partial charge in [0.15, 0.2) is 0 Å². The largest absolute Gasteiger partial charge is 0.494 e. The van der Waals surface area contributed by atoms with Gasteiger partial charge in [0, 0.05) is 13.2 Å². The average molecular weight is 336 g/mol. The van der Waals surface area contributed by atoms with Crippen LogP contribution in [0.15, 0.2) is 48.5 Å². The Morgan fingerprint density at radius 3 is 2.96 bits per heavy atom. The molecule has 0 aliphatic carbocycles. The first-order chi connectivity index (χ1) is 12.3. The molecule has 1 aliphatic heterocycles. The van der Waals surface area contributed by atoms with Gasteiger partial charge in [-0.1, -0.05) is 24.3 Å². The number of hydrogen-bond acceptors (Lipinski definition) is 3.